The Hall–Kier alpha value is -0.850. The molecule has 0 unspecified atom stereocenters. The first kappa shape index (κ1) is 14.2. The molecule has 0 aromatic rings. The fraction of sp³-hybridized carbons (Fsp3) is 0.909. The summed E-state index contributed by atoms with van der Waals surface area (Å²) in [6.07, 6.45) is 0.816. The molecule has 6 nitrogen and oxygen atoms in total. The Bertz CT molecular complexity index is 262. The van der Waals surface area contributed by atoms with Gasteiger partial charge in [-0.3, -0.25) is 4.89 Å². The van der Waals surface area contributed by atoms with E-state index in [0.29, 0.717) is 18.8 Å². The van der Waals surface area contributed by atoms with E-state index < -0.39 is 11.9 Å². The third kappa shape index (κ3) is 3.83. The first-order valence-electron chi connectivity index (χ1n) is 5.70. The van der Waals surface area contributed by atoms with E-state index in [1.807, 2.05) is 0 Å². The van der Waals surface area contributed by atoms with E-state index in [1.165, 1.54) is 0 Å². The molecule has 0 aliphatic heterocycles. The van der Waals surface area contributed by atoms with Crippen LogP contribution in [-0.2, 0) is 14.7 Å². The molecule has 0 radical (unpaired) electrons. The van der Waals surface area contributed by atoms with Crippen LogP contribution < -0.4 is 0 Å². The second-order valence-corrected chi connectivity index (χ2v) is 5.57. The summed E-state index contributed by atoms with van der Waals surface area (Å²) in [5.74, 6) is -0.862. The lowest BCUT2D eigenvalue weighted by Crippen LogP contribution is -2.42. The Morgan fingerprint density at radius 3 is 2.18 bits per heavy atom. The highest BCUT2D eigenvalue weighted by Gasteiger charge is 2.43. The maximum Gasteiger partial charge on any atom is 0.538 e. The summed E-state index contributed by atoms with van der Waals surface area (Å²) in [6.45, 7) is 6.46. The first-order chi connectivity index (χ1) is 7.79. The van der Waals surface area contributed by atoms with Gasteiger partial charge in [-0.15, -0.1) is 4.89 Å². The van der Waals surface area contributed by atoms with Crippen molar-refractivity contribution in [2.75, 3.05) is 0 Å². The van der Waals surface area contributed by atoms with Crippen LogP contribution in [0.15, 0.2) is 0 Å². The van der Waals surface area contributed by atoms with Gasteiger partial charge in [0.2, 0.25) is 5.79 Å². The zero-order valence-electron chi connectivity index (χ0n) is 10.4. The lowest BCUT2D eigenvalue weighted by atomic mass is 9.71. The van der Waals surface area contributed by atoms with Crippen LogP contribution in [0.25, 0.3) is 0 Å². The fourth-order valence-corrected chi connectivity index (χ4v) is 2.23. The highest BCUT2D eigenvalue weighted by Crippen LogP contribution is 2.43. The number of carboxylic acid groups (broad SMARTS) is 1. The van der Waals surface area contributed by atoms with Gasteiger partial charge in [-0.1, -0.05) is 20.8 Å². The van der Waals surface area contributed by atoms with E-state index >= 15 is 0 Å². The van der Waals surface area contributed by atoms with Crippen molar-refractivity contribution < 1.29 is 29.8 Å². The molecule has 1 aliphatic carbocycles. The molecule has 0 atom stereocenters. The van der Waals surface area contributed by atoms with Crippen molar-refractivity contribution in [2.24, 2.45) is 11.3 Å². The molecule has 2 N–H and O–H groups in total. The minimum atomic E-state index is -1.56. The van der Waals surface area contributed by atoms with E-state index in [9.17, 15) is 4.79 Å². The minimum absolute atomic E-state index is 0.176. The van der Waals surface area contributed by atoms with Gasteiger partial charge in [0.25, 0.3) is 0 Å². The van der Waals surface area contributed by atoms with E-state index in [0.717, 1.165) is 12.8 Å². The van der Waals surface area contributed by atoms with E-state index in [2.05, 4.69) is 35.4 Å². The van der Waals surface area contributed by atoms with Gasteiger partial charge in [0.1, 0.15) is 0 Å². The first-order valence-corrected chi connectivity index (χ1v) is 5.70. The molecule has 1 fully saturated rings. The van der Waals surface area contributed by atoms with Gasteiger partial charge in [0, 0.05) is 12.8 Å². The average Bonchev–Trinajstić information content (AvgIpc) is 2.26. The molecule has 6 heteroatoms. The van der Waals surface area contributed by atoms with Crippen LogP contribution in [0.5, 0.6) is 0 Å². The Kier molecular flexibility index (Phi) is 4.35. The van der Waals surface area contributed by atoms with Crippen LogP contribution in [0.3, 0.4) is 0 Å². The van der Waals surface area contributed by atoms with Crippen LogP contribution in [0.2, 0.25) is 0 Å². The molecular weight excluding hydrogens is 228 g/mol. The zero-order chi connectivity index (χ0) is 13.1. The molecule has 100 valence electrons. The lowest BCUT2D eigenvalue weighted by Gasteiger charge is -2.40. The molecular formula is C11H20O6. The van der Waals surface area contributed by atoms with Crippen LogP contribution >= 0.6 is 0 Å². The largest absolute Gasteiger partial charge is 0.538 e. The number of hydrogen-bond acceptors (Lipinski definition) is 5. The predicted molar refractivity (Wildman–Crippen MR) is 58.1 cm³/mol. The third-order valence-electron chi connectivity index (χ3n) is 3.40. The highest BCUT2D eigenvalue weighted by molar-refractivity contribution is 5.55. The molecule has 0 bridgehead atoms. The number of rotatable bonds is 3. The van der Waals surface area contributed by atoms with Crippen LogP contribution in [0.4, 0.5) is 4.79 Å². The molecule has 1 saturated carbocycles. The van der Waals surface area contributed by atoms with E-state index in [-0.39, 0.29) is 5.41 Å². The predicted octanol–water partition coefficient (Wildman–Crippen LogP) is 3.03. The maximum absolute atomic E-state index is 10.2. The van der Waals surface area contributed by atoms with Gasteiger partial charge < -0.3 is 5.11 Å². The number of carbonyl (C=O) groups is 1. The molecule has 17 heavy (non-hydrogen) atoms. The van der Waals surface area contributed by atoms with Crippen molar-refractivity contribution in [1.82, 2.24) is 0 Å². The Labute approximate surface area is 100 Å². The topological polar surface area (TPSA) is 85.2 Å². The Morgan fingerprint density at radius 1 is 1.29 bits per heavy atom. The van der Waals surface area contributed by atoms with Gasteiger partial charge in [-0.2, -0.15) is 4.89 Å². The molecule has 0 saturated heterocycles. The monoisotopic (exact) mass is 248 g/mol. The van der Waals surface area contributed by atoms with Gasteiger partial charge in [-0.25, -0.2) is 10.1 Å². The SMILES string of the molecule is CC(C)(C)C1CCC(OO)(OOC(=O)O)CC1. The summed E-state index contributed by atoms with van der Waals surface area (Å²) in [6, 6.07) is 0. The second kappa shape index (κ2) is 5.20. The summed E-state index contributed by atoms with van der Waals surface area (Å²) >= 11 is 0. The van der Waals surface area contributed by atoms with E-state index in [1.54, 1.807) is 0 Å². The minimum Gasteiger partial charge on any atom is -0.448 e. The molecule has 0 heterocycles. The smallest absolute Gasteiger partial charge is 0.448 e. The van der Waals surface area contributed by atoms with E-state index in [4.69, 9.17) is 10.4 Å². The second-order valence-electron chi connectivity index (χ2n) is 5.57. The van der Waals surface area contributed by atoms with Crippen LogP contribution in [0.1, 0.15) is 46.5 Å². The third-order valence-corrected chi connectivity index (χ3v) is 3.40. The summed E-state index contributed by atoms with van der Waals surface area (Å²) in [5, 5.41) is 17.2. The summed E-state index contributed by atoms with van der Waals surface area (Å²) < 4.78 is 0. The van der Waals surface area contributed by atoms with Crippen LogP contribution in [0, 0.1) is 11.3 Å². The average molecular weight is 248 g/mol. The van der Waals surface area contributed by atoms with Crippen molar-refractivity contribution in [3.05, 3.63) is 0 Å². The summed E-state index contributed by atoms with van der Waals surface area (Å²) in [5.41, 5.74) is 0.176. The molecule has 1 aliphatic rings. The molecule has 0 aromatic carbocycles. The summed E-state index contributed by atoms with van der Waals surface area (Å²) in [7, 11) is 0. The normalized spacial score (nSPS) is 30.0. The van der Waals surface area contributed by atoms with Crippen molar-refractivity contribution in [3.8, 4) is 0 Å². The molecule has 0 amide bonds. The fourth-order valence-electron chi connectivity index (χ4n) is 2.23. The molecule has 0 spiro atoms. The molecule has 1 rings (SSSR count). The quantitative estimate of drug-likeness (QED) is 0.453. The number of hydrogen-bond donors (Lipinski definition) is 2. The van der Waals surface area contributed by atoms with Crippen molar-refractivity contribution in [3.63, 3.8) is 0 Å². The van der Waals surface area contributed by atoms with Gasteiger partial charge in [-0.05, 0) is 24.2 Å². The standard InChI is InChI=1S/C11H20O6/c1-10(2,3)8-4-6-11(16-14,7-5-8)17-15-9(12)13/h8,14H,4-7H2,1-3H3,(H,12,13). The van der Waals surface area contributed by atoms with Gasteiger partial charge >= 0.3 is 6.16 Å². The summed E-state index contributed by atoms with van der Waals surface area (Å²) in [4.78, 5) is 23.2. The van der Waals surface area contributed by atoms with Crippen LogP contribution in [-0.4, -0.2) is 22.3 Å². The van der Waals surface area contributed by atoms with Crippen molar-refractivity contribution in [1.29, 1.82) is 0 Å². The van der Waals surface area contributed by atoms with Crippen molar-refractivity contribution in [2.45, 2.75) is 52.2 Å². The van der Waals surface area contributed by atoms with Gasteiger partial charge in [0.15, 0.2) is 0 Å². The van der Waals surface area contributed by atoms with Gasteiger partial charge in [0.05, 0.1) is 0 Å². The highest BCUT2D eigenvalue weighted by atomic mass is 17.3. The van der Waals surface area contributed by atoms with Crippen molar-refractivity contribution >= 4 is 6.16 Å². The zero-order valence-corrected chi connectivity index (χ0v) is 10.4. The Morgan fingerprint density at radius 2 is 1.82 bits per heavy atom. The maximum atomic E-state index is 10.2. The lowest BCUT2D eigenvalue weighted by molar-refractivity contribution is -0.491. The Balaban J connectivity index is 2.54. The molecule has 0 aromatic heterocycles.